The van der Waals surface area contributed by atoms with Gasteiger partial charge >= 0.3 is 0 Å². The lowest BCUT2D eigenvalue weighted by Crippen LogP contribution is -2.10. The van der Waals surface area contributed by atoms with E-state index in [4.69, 9.17) is 4.42 Å². The Kier molecular flexibility index (Phi) is 10.3. The lowest BCUT2D eigenvalue weighted by atomic mass is 9.89. The van der Waals surface area contributed by atoms with Crippen LogP contribution in [0.2, 0.25) is 0 Å². The molecule has 0 N–H and O–H groups in total. The Bertz CT molecular complexity index is 3260. The van der Waals surface area contributed by atoms with Crippen LogP contribution in [0.1, 0.15) is 0 Å². The molecule has 0 bridgehead atoms. The molecule has 0 fully saturated rings. The highest BCUT2D eigenvalue weighted by molar-refractivity contribution is 5.93. The second-order valence-electron chi connectivity index (χ2n) is 16.1. The van der Waals surface area contributed by atoms with Gasteiger partial charge in [-0.1, -0.05) is 200 Å². The lowest BCUT2D eigenvalue weighted by Gasteiger charge is -2.27. The molecule has 0 unspecified atom stereocenters. The van der Waals surface area contributed by atoms with Gasteiger partial charge in [-0.25, -0.2) is 0 Å². The predicted octanol–water partition coefficient (Wildman–Crippen LogP) is 17.6. The summed E-state index contributed by atoms with van der Waals surface area (Å²) in [5.41, 5.74) is 19.2. The average Bonchev–Trinajstić information content (AvgIpc) is 3.83. The number of anilines is 3. The van der Waals surface area contributed by atoms with Gasteiger partial charge in [0.05, 0.1) is 0 Å². The van der Waals surface area contributed by atoms with E-state index in [1.807, 2.05) is 18.2 Å². The number of hydrogen-bond donors (Lipinski definition) is 0. The molecule has 1 aromatic heterocycles. The second kappa shape index (κ2) is 17.1. The Hall–Kier alpha value is -8.46. The number of nitrogens with zero attached hydrogens (tertiary/aromatic N) is 1. The van der Waals surface area contributed by atoms with Crippen molar-refractivity contribution in [1.29, 1.82) is 0 Å². The van der Waals surface area contributed by atoms with E-state index < -0.39 is 0 Å². The van der Waals surface area contributed by atoms with E-state index >= 15 is 0 Å². The molecule has 0 atom stereocenters. The maximum atomic E-state index is 6.26. The quantitative estimate of drug-likeness (QED) is 0.137. The molecule has 0 amide bonds. The predicted molar refractivity (Wildman–Crippen MR) is 269 cm³/mol. The normalized spacial score (nSPS) is 11.1. The summed E-state index contributed by atoms with van der Waals surface area (Å²) in [6, 6.07) is 93.3. The smallest absolute Gasteiger partial charge is 0.135 e. The van der Waals surface area contributed by atoms with Crippen molar-refractivity contribution in [2.75, 3.05) is 4.90 Å². The summed E-state index contributed by atoms with van der Waals surface area (Å²) < 4.78 is 6.26. The minimum absolute atomic E-state index is 0.866. The zero-order valence-electron chi connectivity index (χ0n) is 35.2. The summed E-state index contributed by atoms with van der Waals surface area (Å²) in [5, 5.41) is 1.10. The summed E-state index contributed by atoms with van der Waals surface area (Å²) in [5.74, 6) is 0.866. The highest BCUT2D eigenvalue weighted by Gasteiger charge is 2.18. The third-order valence-electron chi connectivity index (χ3n) is 12.1. The van der Waals surface area contributed by atoms with E-state index in [-0.39, 0.29) is 0 Å². The minimum atomic E-state index is 0.866. The largest absolute Gasteiger partial charge is 0.456 e. The van der Waals surface area contributed by atoms with Crippen molar-refractivity contribution in [3.8, 4) is 78.1 Å². The summed E-state index contributed by atoms with van der Waals surface area (Å²) in [4.78, 5) is 2.38. The Balaban J connectivity index is 1.02. The number of furan rings is 1. The van der Waals surface area contributed by atoms with Crippen LogP contribution in [0.25, 0.3) is 89.1 Å². The van der Waals surface area contributed by atoms with Crippen molar-refractivity contribution in [2.45, 2.75) is 0 Å². The molecule has 0 aliphatic rings. The second-order valence-corrected chi connectivity index (χ2v) is 16.1. The highest BCUT2D eigenvalue weighted by Crippen LogP contribution is 2.43. The Morgan fingerprint density at radius 2 is 0.641 bits per heavy atom. The summed E-state index contributed by atoms with van der Waals surface area (Å²) in [7, 11) is 0. The fourth-order valence-electron chi connectivity index (χ4n) is 8.91. The molecular formula is C62H43NO. The van der Waals surface area contributed by atoms with E-state index in [1.165, 1.54) is 38.9 Å². The Morgan fingerprint density at radius 3 is 1.20 bits per heavy atom. The van der Waals surface area contributed by atoms with Crippen LogP contribution < -0.4 is 4.90 Å². The summed E-state index contributed by atoms with van der Waals surface area (Å²) >= 11 is 0. The number of hydrogen-bond acceptors (Lipinski definition) is 2. The zero-order valence-corrected chi connectivity index (χ0v) is 35.2. The Labute approximate surface area is 374 Å². The van der Waals surface area contributed by atoms with Gasteiger partial charge in [-0.05, 0) is 127 Å². The van der Waals surface area contributed by atoms with E-state index in [1.54, 1.807) is 0 Å². The van der Waals surface area contributed by atoms with Crippen LogP contribution in [0, 0.1) is 0 Å². The van der Waals surface area contributed by atoms with Crippen molar-refractivity contribution in [2.24, 2.45) is 0 Å². The third-order valence-corrected chi connectivity index (χ3v) is 12.1. The molecular weight excluding hydrogens is 775 g/mol. The van der Waals surface area contributed by atoms with E-state index in [9.17, 15) is 0 Å². The molecule has 2 nitrogen and oxygen atoms in total. The fourth-order valence-corrected chi connectivity index (χ4v) is 8.91. The minimum Gasteiger partial charge on any atom is -0.456 e. The molecule has 0 radical (unpaired) electrons. The van der Waals surface area contributed by atoms with Crippen LogP contribution in [0.15, 0.2) is 265 Å². The molecule has 0 saturated carbocycles. The van der Waals surface area contributed by atoms with Gasteiger partial charge in [0, 0.05) is 28.0 Å². The molecule has 302 valence electrons. The monoisotopic (exact) mass is 817 g/mol. The van der Waals surface area contributed by atoms with Crippen LogP contribution in [-0.4, -0.2) is 0 Å². The molecule has 64 heavy (non-hydrogen) atoms. The summed E-state index contributed by atoms with van der Waals surface area (Å²) in [6.07, 6.45) is 0. The van der Waals surface area contributed by atoms with Crippen LogP contribution >= 0.6 is 0 Å². The van der Waals surface area contributed by atoms with Crippen LogP contribution in [0.5, 0.6) is 0 Å². The average molecular weight is 818 g/mol. The van der Waals surface area contributed by atoms with Crippen molar-refractivity contribution in [3.05, 3.63) is 261 Å². The van der Waals surface area contributed by atoms with Crippen LogP contribution in [0.4, 0.5) is 17.1 Å². The number of fused-ring (bicyclic) bond motifs is 1. The number of benzene rings is 10. The molecule has 0 aliphatic heterocycles. The fraction of sp³-hybridized carbons (Fsp3) is 0. The van der Waals surface area contributed by atoms with Crippen molar-refractivity contribution >= 4 is 28.0 Å². The molecule has 0 aliphatic carbocycles. The number of para-hydroxylation sites is 1. The molecule has 0 saturated heterocycles. The van der Waals surface area contributed by atoms with Gasteiger partial charge in [0.25, 0.3) is 0 Å². The van der Waals surface area contributed by atoms with Crippen LogP contribution in [0.3, 0.4) is 0 Å². The standard InChI is InChI=1S/C62H43NO/c1-4-17-44(18-5-1)52-40-53(45-19-6-2-7-20-45)42-56(41-52)63(54-35-31-46(32-36-54)49-24-16-25-50(39-49)62-43-51-23-10-15-30-61(51)64-62)55-37-33-48(34-38-55)58-27-12-14-29-60(58)59-28-13-11-26-57(59)47-21-8-3-9-22-47/h1-43H. The van der Waals surface area contributed by atoms with Gasteiger partial charge in [0.2, 0.25) is 0 Å². The van der Waals surface area contributed by atoms with Gasteiger partial charge in [-0.2, -0.15) is 0 Å². The van der Waals surface area contributed by atoms with Crippen molar-refractivity contribution in [1.82, 2.24) is 0 Å². The topological polar surface area (TPSA) is 16.4 Å². The molecule has 11 rings (SSSR count). The molecule has 1 heterocycles. The van der Waals surface area contributed by atoms with E-state index in [0.717, 1.165) is 67.2 Å². The third kappa shape index (κ3) is 7.70. The van der Waals surface area contributed by atoms with Gasteiger partial charge in [-0.3, -0.25) is 0 Å². The zero-order chi connectivity index (χ0) is 42.7. The first kappa shape index (κ1) is 38.5. The first-order chi connectivity index (χ1) is 31.7. The molecule has 0 spiro atoms. The first-order valence-corrected chi connectivity index (χ1v) is 21.8. The van der Waals surface area contributed by atoms with Gasteiger partial charge in [-0.15, -0.1) is 0 Å². The first-order valence-electron chi connectivity index (χ1n) is 21.8. The van der Waals surface area contributed by atoms with Gasteiger partial charge in [0.15, 0.2) is 0 Å². The maximum absolute atomic E-state index is 6.26. The van der Waals surface area contributed by atoms with Crippen molar-refractivity contribution < 1.29 is 4.42 Å². The van der Waals surface area contributed by atoms with Crippen molar-refractivity contribution in [3.63, 3.8) is 0 Å². The van der Waals surface area contributed by atoms with E-state index in [2.05, 4.69) is 248 Å². The molecule has 2 heteroatoms. The summed E-state index contributed by atoms with van der Waals surface area (Å²) in [6.45, 7) is 0. The molecule has 11 aromatic rings. The molecule has 10 aromatic carbocycles. The van der Waals surface area contributed by atoms with Gasteiger partial charge < -0.3 is 9.32 Å². The van der Waals surface area contributed by atoms with Crippen LogP contribution in [-0.2, 0) is 0 Å². The SMILES string of the molecule is c1ccc(-c2cc(-c3ccccc3)cc(N(c3ccc(-c4cccc(-c5cc6ccccc6o5)c4)cc3)c3ccc(-c4ccccc4-c4ccccc4-c4ccccc4)cc3)c2)cc1. The number of rotatable bonds is 10. The lowest BCUT2D eigenvalue weighted by molar-refractivity contribution is 0.631. The maximum Gasteiger partial charge on any atom is 0.135 e. The highest BCUT2D eigenvalue weighted by atomic mass is 16.3. The van der Waals surface area contributed by atoms with E-state index in [0.29, 0.717) is 0 Å². The van der Waals surface area contributed by atoms with Gasteiger partial charge in [0.1, 0.15) is 11.3 Å². The Morgan fingerprint density at radius 1 is 0.234 bits per heavy atom.